The Kier molecular flexibility index (Phi) is 5.98. The van der Waals surface area contributed by atoms with Crippen molar-refractivity contribution < 1.29 is 19.1 Å². The average molecular weight is 406 g/mol. The average Bonchev–Trinajstić information content (AvgIpc) is 2.64. The van der Waals surface area contributed by atoms with E-state index in [1.165, 1.54) is 24.9 Å². The number of carbonyl (C=O) groups is 3. The van der Waals surface area contributed by atoms with Crippen molar-refractivity contribution in [3.8, 4) is 0 Å². The topological polar surface area (TPSA) is 97.4 Å². The highest BCUT2D eigenvalue weighted by Crippen LogP contribution is 2.36. The van der Waals surface area contributed by atoms with Crippen LogP contribution in [0.15, 0.2) is 47.5 Å². The number of esters is 1. The van der Waals surface area contributed by atoms with E-state index < -0.39 is 23.2 Å². The lowest BCUT2D eigenvalue weighted by molar-refractivity contribution is -0.153. The van der Waals surface area contributed by atoms with Gasteiger partial charge in [-0.05, 0) is 31.2 Å². The monoisotopic (exact) mass is 405 g/mol. The molecule has 0 fully saturated rings. The van der Waals surface area contributed by atoms with E-state index >= 15 is 0 Å². The van der Waals surface area contributed by atoms with E-state index in [1.54, 1.807) is 18.2 Å². The lowest BCUT2D eigenvalue weighted by Crippen LogP contribution is -2.34. The van der Waals surface area contributed by atoms with Gasteiger partial charge in [0.05, 0.1) is 23.0 Å². The van der Waals surface area contributed by atoms with Crippen LogP contribution in [0.1, 0.15) is 13.3 Å². The molecular formula is C18H16ClN3O4S. The molecule has 0 spiro atoms. The molecule has 2 N–H and O–H groups in total. The van der Waals surface area contributed by atoms with Crippen LogP contribution in [0, 0.1) is 0 Å². The second-order valence-corrected chi connectivity index (χ2v) is 7.36. The molecule has 2 aromatic rings. The van der Waals surface area contributed by atoms with Gasteiger partial charge in [0.2, 0.25) is 5.91 Å². The van der Waals surface area contributed by atoms with Crippen molar-refractivity contribution in [2.24, 2.45) is 0 Å². The number of thioether (sulfide) groups is 1. The van der Waals surface area contributed by atoms with Crippen LogP contribution < -0.4 is 10.6 Å². The number of amides is 2. The Labute approximate surface area is 164 Å². The Hall–Kier alpha value is -2.58. The molecule has 1 aliphatic heterocycles. The molecule has 2 amide bonds. The van der Waals surface area contributed by atoms with Gasteiger partial charge in [-0.2, -0.15) is 0 Å². The second kappa shape index (κ2) is 8.41. The van der Waals surface area contributed by atoms with Gasteiger partial charge < -0.3 is 15.4 Å². The lowest BCUT2D eigenvalue weighted by atomic mass is 10.2. The zero-order valence-electron chi connectivity index (χ0n) is 14.3. The Bertz CT molecular complexity index is 892. The number of para-hydroxylation sites is 1. The van der Waals surface area contributed by atoms with Crippen LogP contribution in [0.3, 0.4) is 0 Å². The molecule has 27 heavy (non-hydrogen) atoms. The molecule has 1 aromatic carbocycles. The van der Waals surface area contributed by atoms with E-state index in [0.29, 0.717) is 5.69 Å². The zero-order valence-corrected chi connectivity index (χ0v) is 15.8. The van der Waals surface area contributed by atoms with Gasteiger partial charge in [0.15, 0.2) is 11.3 Å². The van der Waals surface area contributed by atoms with Gasteiger partial charge in [0.1, 0.15) is 0 Å². The van der Waals surface area contributed by atoms with Crippen molar-refractivity contribution in [2.75, 3.05) is 10.6 Å². The summed E-state index contributed by atoms with van der Waals surface area (Å²) >= 11 is 7.18. The van der Waals surface area contributed by atoms with Crippen molar-refractivity contribution in [1.82, 2.24) is 4.98 Å². The molecule has 7 nitrogen and oxygen atoms in total. The second-order valence-electron chi connectivity index (χ2n) is 5.76. The third-order valence-electron chi connectivity index (χ3n) is 3.75. The van der Waals surface area contributed by atoms with Crippen LogP contribution >= 0.6 is 23.4 Å². The first kappa shape index (κ1) is 19.2. The van der Waals surface area contributed by atoms with E-state index in [-0.39, 0.29) is 17.5 Å². The molecular weight excluding hydrogens is 390 g/mol. The summed E-state index contributed by atoms with van der Waals surface area (Å²) in [5.74, 6) is -1.44. The van der Waals surface area contributed by atoms with Gasteiger partial charge in [-0.1, -0.05) is 23.7 Å². The van der Waals surface area contributed by atoms with Gasteiger partial charge >= 0.3 is 5.97 Å². The Morgan fingerprint density at radius 2 is 2.11 bits per heavy atom. The van der Waals surface area contributed by atoms with Gasteiger partial charge in [-0.25, -0.2) is 4.98 Å². The minimum Gasteiger partial charge on any atom is -0.452 e. The Balaban J connectivity index is 1.55. The molecule has 1 aromatic heterocycles. The van der Waals surface area contributed by atoms with Crippen molar-refractivity contribution in [3.05, 3.63) is 47.7 Å². The van der Waals surface area contributed by atoms with Gasteiger partial charge in [0, 0.05) is 11.1 Å². The summed E-state index contributed by atoms with van der Waals surface area (Å²) in [5, 5.41) is 4.83. The number of nitrogens with zero attached hydrogens (tertiary/aromatic N) is 1. The van der Waals surface area contributed by atoms with Crippen LogP contribution in [0.25, 0.3) is 0 Å². The fourth-order valence-electron chi connectivity index (χ4n) is 2.39. The zero-order chi connectivity index (χ0) is 19.4. The number of halogens is 1. The van der Waals surface area contributed by atoms with Crippen molar-refractivity contribution in [3.63, 3.8) is 0 Å². The highest BCUT2D eigenvalue weighted by Gasteiger charge is 2.30. The summed E-state index contributed by atoms with van der Waals surface area (Å²) in [7, 11) is 0. The summed E-state index contributed by atoms with van der Waals surface area (Å²) in [4.78, 5) is 41.2. The fraction of sp³-hybridized carbons (Fsp3) is 0.222. The van der Waals surface area contributed by atoms with Gasteiger partial charge in [-0.3, -0.25) is 14.4 Å². The predicted octanol–water partition coefficient (Wildman–Crippen LogP) is 3.11. The molecule has 9 heteroatoms. The number of aromatic nitrogens is 1. The number of anilines is 2. The summed E-state index contributed by atoms with van der Waals surface area (Å²) in [6, 6.07) is 10.5. The highest BCUT2D eigenvalue weighted by atomic mass is 35.5. The first-order valence-electron chi connectivity index (χ1n) is 8.11. The third-order valence-corrected chi connectivity index (χ3v) is 5.33. The smallest absolute Gasteiger partial charge is 0.308 e. The summed E-state index contributed by atoms with van der Waals surface area (Å²) in [6.45, 7) is 1.45. The molecule has 0 radical (unpaired) electrons. The number of hydrogen-bond acceptors (Lipinski definition) is 6. The molecule has 2 heterocycles. The molecule has 140 valence electrons. The fourth-order valence-corrected chi connectivity index (χ4v) is 3.65. The number of ether oxygens (including phenoxy) is 1. The number of fused-ring (bicyclic) bond motifs is 1. The summed E-state index contributed by atoms with van der Waals surface area (Å²) < 4.78 is 5.16. The van der Waals surface area contributed by atoms with E-state index in [4.69, 9.17) is 16.3 Å². The van der Waals surface area contributed by atoms with E-state index in [0.717, 1.165) is 10.6 Å². The molecule has 2 atom stereocenters. The van der Waals surface area contributed by atoms with Crippen molar-refractivity contribution >= 4 is 52.5 Å². The molecule has 3 rings (SSSR count). The number of benzene rings is 1. The van der Waals surface area contributed by atoms with Gasteiger partial charge in [-0.15, -0.1) is 11.8 Å². The molecule has 0 saturated carbocycles. The van der Waals surface area contributed by atoms with Crippen LogP contribution in [0.5, 0.6) is 0 Å². The van der Waals surface area contributed by atoms with Gasteiger partial charge in [0.25, 0.3) is 5.91 Å². The molecule has 0 bridgehead atoms. The molecule has 0 unspecified atom stereocenters. The Morgan fingerprint density at radius 1 is 1.33 bits per heavy atom. The summed E-state index contributed by atoms with van der Waals surface area (Å²) in [5.41, 5.74) is 1.05. The molecule has 1 aliphatic rings. The SMILES string of the molecule is C[C@H](OC(=O)C[C@H]1Sc2ccccc2NC1=O)C(=O)Nc1cccnc1Cl. The quantitative estimate of drug-likeness (QED) is 0.586. The highest BCUT2D eigenvalue weighted by molar-refractivity contribution is 8.01. The Morgan fingerprint density at radius 3 is 2.89 bits per heavy atom. The van der Waals surface area contributed by atoms with Crippen LogP contribution in [0.4, 0.5) is 11.4 Å². The number of rotatable bonds is 5. The molecule has 0 aliphatic carbocycles. The largest absolute Gasteiger partial charge is 0.452 e. The number of nitrogens with one attached hydrogen (secondary N) is 2. The minimum atomic E-state index is -1.04. The maximum Gasteiger partial charge on any atom is 0.308 e. The van der Waals surface area contributed by atoms with E-state index in [2.05, 4.69) is 15.6 Å². The summed E-state index contributed by atoms with van der Waals surface area (Å²) in [6.07, 6.45) is 0.306. The number of hydrogen-bond donors (Lipinski definition) is 2. The maximum absolute atomic E-state index is 12.2. The predicted molar refractivity (Wildman–Crippen MR) is 103 cm³/mol. The number of carbonyl (C=O) groups excluding carboxylic acids is 3. The van der Waals surface area contributed by atoms with Crippen LogP contribution in [-0.4, -0.2) is 34.1 Å². The standard InChI is InChI=1S/C18H16ClN3O4S/c1-10(17(24)22-12-6-4-8-20-16(12)19)26-15(23)9-14-18(25)21-11-5-2-3-7-13(11)27-14/h2-8,10,14H,9H2,1H3,(H,21,25)(H,22,24)/t10-,14+/m0/s1. The lowest BCUT2D eigenvalue weighted by Gasteiger charge is -2.23. The maximum atomic E-state index is 12.2. The van der Waals surface area contributed by atoms with Crippen molar-refractivity contribution in [2.45, 2.75) is 29.6 Å². The first-order chi connectivity index (χ1) is 12.9. The van der Waals surface area contributed by atoms with E-state index in [1.807, 2.05) is 18.2 Å². The molecule has 0 saturated heterocycles. The third kappa shape index (κ3) is 4.78. The van der Waals surface area contributed by atoms with Crippen molar-refractivity contribution in [1.29, 1.82) is 0 Å². The van der Waals surface area contributed by atoms with Crippen LogP contribution in [0.2, 0.25) is 5.15 Å². The normalized spacial score (nSPS) is 16.7. The number of pyridine rings is 1. The van der Waals surface area contributed by atoms with Crippen LogP contribution in [-0.2, 0) is 19.1 Å². The minimum absolute atomic E-state index is 0.137. The first-order valence-corrected chi connectivity index (χ1v) is 9.37. The van der Waals surface area contributed by atoms with E-state index in [9.17, 15) is 14.4 Å².